The predicted molar refractivity (Wildman–Crippen MR) is 165 cm³/mol. The predicted octanol–water partition coefficient (Wildman–Crippen LogP) is 8.21. The Kier molecular flexibility index (Phi) is 8.21. The van der Waals surface area contributed by atoms with E-state index in [1.165, 1.54) is 35.5 Å². The van der Waals surface area contributed by atoms with Crippen molar-refractivity contribution in [3.63, 3.8) is 0 Å². The number of carbonyl (C=O) groups excluding carboxylic acids is 2. The van der Waals surface area contributed by atoms with E-state index in [4.69, 9.17) is 0 Å². The summed E-state index contributed by atoms with van der Waals surface area (Å²) in [5, 5.41) is 7.54. The van der Waals surface area contributed by atoms with Gasteiger partial charge in [-0.25, -0.2) is 19.2 Å². The second-order valence-corrected chi connectivity index (χ2v) is 11.0. The first kappa shape index (κ1) is 32.9. The summed E-state index contributed by atoms with van der Waals surface area (Å²) in [4.78, 5) is 42.8. The molecule has 1 aliphatic heterocycles. The quantitative estimate of drug-likeness (QED) is 0.134. The third-order valence-electron chi connectivity index (χ3n) is 7.47. The molecule has 0 saturated heterocycles. The van der Waals surface area contributed by atoms with Crippen LogP contribution in [-0.2, 0) is 18.9 Å². The number of hydrogen-bond acceptors (Lipinski definition) is 6. The normalized spacial score (nSPS) is 13.2. The maximum atomic E-state index is 14.5. The summed E-state index contributed by atoms with van der Waals surface area (Å²) in [7, 11) is 0. The standard InChI is InChI=1S/C32H23F7N8O2/c1-15-6-7-21(43-28(48)18-8-17(26-40-12-16(2)42-26)9-20(10-18)31(34,35)36)11-24(15)47-14-19-13-41-29(45-27(19)46-30(47)49)44-23-5-3-4-22(25(23)33)32(37,38)39/h3-13H,14H2,1-2H3,(H,40,42)(H,43,48)(H2,41,44,45,46,49). The van der Waals surface area contributed by atoms with Gasteiger partial charge in [-0.1, -0.05) is 12.1 Å². The smallest absolute Gasteiger partial charge is 0.344 e. The summed E-state index contributed by atoms with van der Waals surface area (Å²) in [5.41, 5.74) is -1.21. The number of halogens is 7. The largest absolute Gasteiger partial charge is 0.419 e. The highest BCUT2D eigenvalue weighted by Crippen LogP contribution is 2.36. The van der Waals surface area contributed by atoms with E-state index in [1.807, 2.05) is 0 Å². The molecule has 0 fully saturated rings. The third kappa shape index (κ3) is 6.86. The average molecular weight is 685 g/mol. The van der Waals surface area contributed by atoms with Gasteiger partial charge >= 0.3 is 18.4 Å². The summed E-state index contributed by atoms with van der Waals surface area (Å²) in [5.74, 6) is -2.48. The van der Waals surface area contributed by atoms with Crippen LogP contribution < -0.4 is 20.9 Å². The number of hydrogen-bond donors (Lipinski definition) is 4. The Morgan fingerprint density at radius 1 is 0.959 bits per heavy atom. The molecular weight excluding hydrogens is 661 g/mol. The molecule has 17 heteroatoms. The molecule has 49 heavy (non-hydrogen) atoms. The number of aryl methyl sites for hydroxylation is 2. The Hall–Kier alpha value is -6.00. The first-order chi connectivity index (χ1) is 23.1. The van der Waals surface area contributed by atoms with Crippen molar-refractivity contribution < 1.29 is 40.3 Å². The van der Waals surface area contributed by atoms with E-state index in [9.17, 15) is 40.3 Å². The molecule has 3 amide bonds. The lowest BCUT2D eigenvalue weighted by Gasteiger charge is -2.30. The number of rotatable bonds is 6. The molecule has 10 nitrogen and oxygen atoms in total. The lowest BCUT2D eigenvalue weighted by molar-refractivity contribution is -0.140. The SMILES string of the molecule is Cc1c[nH]c(-c2cc(C(=O)Nc3ccc(C)c(N4Cc5cnc(Nc6cccc(C(F)(F)F)c6F)nc5NC4=O)c3)cc(C(F)(F)F)c2)n1. The van der Waals surface area contributed by atoms with E-state index >= 15 is 0 Å². The fourth-order valence-electron chi connectivity index (χ4n) is 5.07. The molecule has 3 aromatic carbocycles. The molecule has 0 saturated carbocycles. The number of imidazole rings is 1. The van der Waals surface area contributed by atoms with Gasteiger partial charge in [-0.15, -0.1) is 0 Å². The molecule has 2 aromatic heterocycles. The molecule has 5 aromatic rings. The number of benzene rings is 3. The Bertz CT molecular complexity index is 2110. The zero-order chi connectivity index (χ0) is 35.2. The van der Waals surface area contributed by atoms with Gasteiger partial charge in [0.2, 0.25) is 5.95 Å². The van der Waals surface area contributed by atoms with E-state index in [0.717, 1.165) is 24.3 Å². The Morgan fingerprint density at radius 3 is 2.43 bits per heavy atom. The fourth-order valence-corrected chi connectivity index (χ4v) is 5.07. The highest BCUT2D eigenvalue weighted by molar-refractivity contribution is 6.07. The highest BCUT2D eigenvalue weighted by Gasteiger charge is 2.35. The number of alkyl halides is 6. The molecule has 0 aliphatic carbocycles. The second kappa shape index (κ2) is 12.2. The van der Waals surface area contributed by atoms with Crippen LogP contribution in [0.5, 0.6) is 0 Å². The Labute approximate surface area is 272 Å². The minimum Gasteiger partial charge on any atom is -0.344 e. The lowest BCUT2D eigenvalue weighted by atomic mass is 10.0. The van der Waals surface area contributed by atoms with E-state index in [-0.39, 0.29) is 40.9 Å². The summed E-state index contributed by atoms with van der Waals surface area (Å²) in [6, 6.07) is 9.50. The molecule has 4 N–H and O–H groups in total. The Morgan fingerprint density at radius 2 is 1.73 bits per heavy atom. The van der Waals surface area contributed by atoms with Gasteiger partial charge < -0.3 is 15.6 Å². The van der Waals surface area contributed by atoms with Gasteiger partial charge in [0.1, 0.15) is 11.6 Å². The van der Waals surface area contributed by atoms with Crippen molar-refractivity contribution in [1.82, 2.24) is 19.9 Å². The van der Waals surface area contributed by atoms with Gasteiger partial charge in [-0.2, -0.15) is 31.3 Å². The zero-order valence-electron chi connectivity index (χ0n) is 25.3. The number of aromatic amines is 1. The van der Waals surface area contributed by atoms with Crippen molar-refractivity contribution in [2.24, 2.45) is 0 Å². The van der Waals surface area contributed by atoms with Gasteiger partial charge in [0.15, 0.2) is 5.82 Å². The topological polar surface area (TPSA) is 128 Å². The Balaban J connectivity index is 1.23. The van der Waals surface area contributed by atoms with E-state index in [2.05, 4.69) is 35.9 Å². The molecule has 0 spiro atoms. The number of amides is 3. The van der Waals surface area contributed by atoms with Crippen LogP contribution >= 0.6 is 0 Å². The van der Waals surface area contributed by atoms with Crippen molar-refractivity contribution in [3.05, 3.63) is 106 Å². The van der Waals surface area contributed by atoms with Gasteiger partial charge in [0.25, 0.3) is 5.91 Å². The van der Waals surface area contributed by atoms with Crippen molar-refractivity contribution in [2.45, 2.75) is 32.7 Å². The number of H-pyrrole nitrogens is 1. The summed E-state index contributed by atoms with van der Waals surface area (Å²) in [6.07, 6.45) is -6.84. The van der Waals surface area contributed by atoms with Crippen LogP contribution in [0.15, 0.2) is 67.0 Å². The van der Waals surface area contributed by atoms with Gasteiger partial charge in [-0.3, -0.25) is 15.0 Å². The fraction of sp³-hybridized carbons (Fsp3) is 0.156. The summed E-state index contributed by atoms with van der Waals surface area (Å²) >= 11 is 0. The molecule has 1 aliphatic rings. The maximum Gasteiger partial charge on any atom is 0.419 e. The maximum absolute atomic E-state index is 14.5. The average Bonchev–Trinajstić information content (AvgIpc) is 3.47. The van der Waals surface area contributed by atoms with Crippen LogP contribution in [0.25, 0.3) is 11.4 Å². The van der Waals surface area contributed by atoms with Gasteiger partial charge in [-0.05, 0) is 61.9 Å². The number of fused-ring (bicyclic) bond motifs is 1. The molecule has 0 radical (unpaired) electrons. The van der Waals surface area contributed by atoms with Gasteiger partial charge in [0.05, 0.1) is 34.7 Å². The van der Waals surface area contributed by atoms with Crippen LogP contribution in [-0.4, -0.2) is 31.9 Å². The van der Waals surface area contributed by atoms with Crippen LogP contribution in [0, 0.1) is 19.7 Å². The monoisotopic (exact) mass is 684 g/mol. The van der Waals surface area contributed by atoms with Crippen LogP contribution in [0.3, 0.4) is 0 Å². The van der Waals surface area contributed by atoms with Crippen molar-refractivity contribution in [1.29, 1.82) is 0 Å². The van der Waals surface area contributed by atoms with Gasteiger partial charge in [0, 0.05) is 34.8 Å². The molecule has 0 atom stereocenters. The molecule has 3 heterocycles. The first-order valence-electron chi connectivity index (χ1n) is 14.3. The second-order valence-electron chi connectivity index (χ2n) is 11.0. The number of carbonyl (C=O) groups is 2. The lowest BCUT2D eigenvalue weighted by Crippen LogP contribution is -2.39. The zero-order valence-corrected chi connectivity index (χ0v) is 25.3. The highest BCUT2D eigenvalue weighted by atomic mass is 19.4. The number of anilines is 5. The van der Waals surface area contributed by atoms with E-state index < -0.39 is 46.9 Å². The third-order valence-corrected chi connectivity index (χ3v) is 7.47. The minimum absolute atomic E-state index is 0.0281. The molecule has 252 valence electrons. The molecule has 0 bridgehead atoms. The summed E-state index contributed by atoms with van der Waals surface area (Å²) < 4.78 is 95.0. The summed E-state index contributed by atoms with van der Waals surface area (Å²) in [6.45, 7) is 3.28. The van der Waals surface area contributed by atoms with Crippen LogP contribution in [0.1, 0.15) is 38.3 Å². The number of nitrogens with one attached hydrogen (secondary N) is 4. The van der Waals surface area contributed by atoms with Crippen molar-refractivity contribution >= 4 is 40.8 Å². The van der Waals surface area contributed by atoms with E-state index in [1.54, 1.807) is 19.9 Å². The first-order valence-corrected chi connectivity index (χ1v) is 14.3. The van der Waals surface area contributed by atoms with E-state index in [0.29, 0.717) is 28.6 Å². The van der Waals surface area contributed by atoms with Crippen LogP contribution in [0.4, 0.5) is 64.4 Å². The number of nitrogens with zero attached hydrogens (tertiary/aromatic N) is 4. The number of urea groups is 1. The molecular formula is C32H23F7N8O2. The van der Waals surface area contributed by atoms with Crippen molar-refractivity contribution in [2.75, 3.05) is 20.9 Å². The number of aromatic nitrogens is 4. The van der Waals surface area contributed by atoms with Crippen LogP contribution in [0.2, 0.25) is 0 Å². The molecule has 0 unspecified atom stereocenters. The van der Waals surface area contributed by atoms with Crippen molar-refractivity contribution in [3.8, 4) is 11.4 Å². The minimum atomic E-state index is -4.92. The molecule has 6 rings (SSSR count).